The molecule has 1 N–H and O–H groups in total. The lowest BCUT2D eigenvalue weighted by molar-refractivity contribution is 0.0570. The molecule has 3 aliphatic rings. The van der Waals surface area contributed by atoms with Gasteiger partial charge in [-0.15, -0.1) is 0 Å². The summed E-state index contributed by atoms with van der Waals surface area (Å²) in [7, 11) is 0. The number of hydrogen-bond acceptors (Lipinski definition) is 6. The van der Waals surface area contributed by atoms with Crippen LogP contribution in [0.5, 0.6) is 0 Å². The number of hydrogen-bond donors (Lipinski definition) is 1. The Bertz CT molecular complexity index is 750. The van der Waals surface area contributed by atoms with Crippen LogP contribution in [0.2, 0.25) is 0 Å². The number of carbonyl (C=O) groups is 2. The zero-order valence-electron chi connectivity index (χ0n) is 19.1. The number of carbonyl (C=O) groups excluding carboxylic acids is 2. The zero-order valence-corrected chi connectivity index (χ0v) is 19.1. The first-order valence-electron chi connectivity index (χ1n) is 12.0. The van der Waals surface area contributed by atoms with Gasteiger partial charge in [0.05, 0.1) is 12.7 Å². The first-order chi connectivity index (χ1) is 15.6. The molecule has 3 fully saturated rings. The Labute approximate surface area is 190 Å². The Hall–Kier alpha value is -2.32. The van der Waals surface area contributed by atoms with Gasteiger partial charge in [0.1, 0.15) is 0 Å². The van der Waals surface area contributed by atoms with Crippen LogP contribution in [0.25, 0.3) is 0 Å². The number of piperazine rings is 1. The summed E-state index contributed by atoms with van der Waals surface area (Å²) in [6.45, 7) is 8.18. The van der Waals surface area contributed by atoms with E-state index in [0.29, 0.717) is 50.5 Å². The summed E-state index contributed by atoms with van der Waals surface area (Å²) in [6.07, 6.45) is 4.71. The summed E-state index contributed by atoms with van der Waals surface area (Å²) in [4.78, 5) is 30.6. The third-order valence-corrected chi connectivity index (χ3v) is 6.73. The van der Waals surface area contributed by atoms with E-state index in [0.717, 1.165) is 39.1 Å². The van der Waals surface area contributed by atoms with Crippen LogP contribution in [0.15, 0.2) is 24.3 Å². The van der Waals surface area contributed by atoms with Crippen molar-refractivity contribution in [3.8, 4) is 0 Å². The molecule has 0 radical (unpaired) electrons. The molecular formula is C24H36N4O4. The second-order valence-corrected chi connectivity index (χ2v) is 8.83. The van der Waals surface area contributed by atoms with Gasteiger partial charge in [-0.2, -0.15) is 0 Å². The van der Waals surface area contributed by atoms with E-state index in [4.69, 9.17) is 9.47 Å². The highest BCUT2D eigenvalue weighted by molar-refractivity contribution is 5.94. The van der Waals surface area contributed by atoms with Crippen molar-refractivity contribution < 1.29 is 19.1 Å². The van der Waals surface area contributed by atoms with Crippen molar-refractivity contribution in [1.29, 1.82) is 0 Å². The smallest absolute Gasteiger partial charge is 0.409 e. The van der Waals surface area contributed by atoms with Crippen LogP contribution in [0.3, 0.4) is 0 Å². The van der Waals surface area contributed by atoms with Crippen molar-refractivity contribution in [2.45, 2.75) is 44.8 Å². The van der Waals surface area contributed by atoms with Gasteiger partial charge in [-0.05, 0) is 56.9 Å². The van der Waals surface area contributed by atoms with Gasteiger partial charge in [0.2, 0.25) is 0 Å². The molecule has 1 aromatic rings. The van der Waals surface area contributed by atoms with Crippen molar-refractivity contribution in [3.63, 3.8) is 0 Å². The number of rotatable bonds is 6. The second-order valence-electron chi connectivity index (χ2n) is 8.83. The monoisotopic (exact) mass is 444 g/mol. The number of nitrogens with one attached hydrogen (secondary N) is 1. The van der Waals surface area contributed by atoms with E-state index < -0.39 is 0 Å². The van der Waals surface area contributed by atoms with Gasteiger partial charge in [-0.1, -0.05) is 0 Å². The summed E-state index contributed by atoms with van der Waals surface area (Å²) in [5.74, 6) is 0.0251. The van der Waals surface area contributed by atoms with E-state index in [-0.39, 0.29) is 12.0 Å². The molecule has 2 amide bonds. The van der Waals surface area contributed by atoms with Gasteiger partial charge in [0.25, 0.3) is 5.91 Å². The summed E-state index contributed by atoms with van der Waals surface area (Å²) in [6, 6.07) is 8.53. The Kier molecular flexibility index (Phi) is 7.86. The molecule has 32 heavy (non-hydrogen) atoms. The topological polar surface area (TPSA) is 74.4 Å². The molecule has 3 saturated heterocycles. The highest BCUT2D eigenvalue weighted by atomic mass is 16.6. The largest absolute Gasteiger partial charge is 0.450 e. The average Bonchev–Trinajstić information content (AvgIpc) is 3.37. The lowest BCUT2D eigenvalue weighted by Gasteiger charge is -2.35. The number of nitrogens with zero attached hydrogens (tertiary/aromatic N) is 3. The number of amides is 2. The Morgan fingerprint density at radius 1 is 1.00 bits per heavy atom. The average molecular weight is 445 g/mol. The van der Waals surface area contributed by atoms with Crippen LogP contribution in [0.1, 0.15) is 43.0 Å². The number of piperidine rings is 1. The third-order valence-electron chi connectivity index (χ3n) is 6.73. The first kappa shape index (κ1) is 22.9. The molecule has 8 nitrogen and oxygen atoms in total. The van der Waals surface area contributed by atoms with Gasteiger partial charge in [-0.25, -0.2) is 4.79 Å². The quantitative estimate of drug-likeness (QED) is 0.726. The van der Waals surface area contributed by atoms with Crippen molar-refractivity contribution in [2.75, 3.05) is 63.9 Å². The van der Waals surface area contributed by atoms with Crippen LogP contribution >= 0.6 is 0 Å². The van der Waals surface area contributed by atoms with Gasteiger partial charge in [0, 0.05) is 69.7 Å². The fourth-order valence-corrected chi connectivity index (χ4v) is 4.75. The summed E-state index contributed by atoms with van der Waals surface area (Å²) in [5.41, 5.74) is 1.87. The molecule has 1 unspecified atom stereocenters. The molecule has 1 aromatic carbocycles. The molecule has 1 atom stereocenters. The first-order valence-corrected chi connectivity index (χ1v) is 12.0. The van der Waals surface area contributed by atoms with Crippen molar-refractivity contribution >= 4 is 17.7 Å². The number of anilines is 1. The van der Waals surface area contributed by atoms with Crippen LogP contribution in [-0.2, 0) is 9.47 Å². The molecule has 0 spiro atoms. The fraction of sp³-hybridized carbons (Fsp3) is 0.667. The van der Waals surface area contributed by atoms with Crippen LogP contribution in [0.4, 0.5) is 10.5 Å². The molecular weight excluding hydrogens is 408 g/mol. The lowest BCUT2D eigenvalue weighted by Crippen LogP contribution is -2.50. The number of ether oxygens (including phenoxy) is 2. The number of benzene rings is 1. The normalized spacial score (nSPS) is 22.3. The molecule has 8 heteroatoms. The summed E-state index contributed by atoms with van der Waals surface area (Å²) in [5, 5.41) is 3.68. The molecule has 0 bridgehead atoms. The second kappa shape index (κ2) is 11.0. The maximum absolute atomic E-state index is 12.9. The standard InChI is InChI=1S/C24H36N4O4/c1-2-31-24(30)28-15-13-27(14-16-28)23(29)19-5-7-21(8-6-19)26-11-9-20(10-12-26)25-18-22-4-3-17-32-22/h5-8,20,22,25H,2-4,9-18H2,1H3. The van der Waals surface area contributed by atoms with E-state index in [2.05, 4.69) is 22.3 Å². The third kappa shape index (κ3) is 5.72. The van der Waals surface area contributed by atoms with Gasteiger partial charge >= 0.3 is 6.09 Å². The molecule has 4 rings (SSSR count). The van der Waals surface area contributed by atoms with Crippen LogP contribution in [0, 0.1) is 0 Å². The van der Waals surface area contributed by atoms with Crippen LogP contribution < -0.4 is 10.2 Å². The predicted octanol–water partition coefficient (Wildman–Crippen LogP) is 2.34. The predicted molar refractivity (Wildman–Crippen MR) is 123 cm³/mol. The molecule has 3 aliphatic heterocycles. The molecule has 0 saturated carbocycles. The maximum atomic E-state index is 12.9. The lowest BCUT2D eigenvalue weighted by atomic mass is 10.0. The van der Waals surface area contributed by atoms with Gasteiger partial charge in [0.15, 0.2) is 0 Å². The minimum atomic E-state index is -0.296. The van der Waals surface area contributed by atoms with Crippen molar-refractivity contribution in [2.24, 2.45) is 0 Å². The van der Waals surface area contributed by atoms with Crippen molar-refractivity contribution in [1.82, 2.24) is 15.1 Å². The molecule has 3 heterocycles. The Morgan fingerprint density at radius 3 is 2.31 bits per heavy atom. The highest BCUT2D eigenvalue weighted by Gasteiger charge is 2.26. The zero-order chi connectivity index (χ0) is 22.3. The Balaban J connectivity index is 1.22. The highest BCUT2D eigenvalue weighted by Crippen LogP contribution is 2.22. The summed E-state index contributed by atoms with van der Waals surface area (Å²) < 4.78 is 10.8. The molecule has 176 valence electrons. The van der Waals surface area contributed by atoms with Gasteiger partial charge in [-0.3, -0.25) is 4.79 Å². The minimum Gasteiger partial charge on any atom is -0.450 e. The SMILES string of the molecule is CCOC(=O)N1CCN(C(=O)c2ccc(N3CCC(NCC4CCCO4)CC3)cc2)CC1. The molecule has 0 aromatic heterocycles. The fourth-order valence-electron chi connectivity index (χ4n) is 4.75. The van der Waals surface area contributed by atoms with E-state index in [9.17, 15) is 9.59 Å². The van der Waals surface area contributed by atoms with Gasteiger partial charge < -0.3 is 29.5 Å². The van der Waals surface area contributed by atoms with Crippen LogP contribution in [-0.4, -0.2) is 93.0 Å². The van der Waals surface area contributed by atoms with E-state index in [1.807, 2.05) is 17.0 Å². The van der Waals surface area contributed by atoms with E-state index >= 15 is 0 Å². The Morgan fingerprint density at radius 2 is 1.69 bits per heavy atom. The minimum absolute atomic E-state index is 0.0251. The summed E-state index contributed by atoms with van der Waals surface area (Å²) >= 11 is 0. The maximum Gasteiger partial charge on any atom is 0.409 e. The van der Waals surface area contributed by atoms with E-state index in [1.54, 1.807) is 11.8 Å². The van der Waals surface area contributed by atoms with E-state index in [1.165, 1.54) is 18.5 Å². The van der Waals surface area contributed by atoms with Crippen molar-refractivity contribution in [3.05, 3.63) is 29.8 Å². The molecule has 0 aliphatic carbocycles.